The van der Waals surface area contributed by atoms with Gasteiger partial charge in [0.15, 0.2) is 0 Å². The number of unbranched alkanes of at least 4 members (excludes halogenated alkanes) is 1. The fourth-order valence-electron chi connectivity index (χ4n) is 4.35. The lowest BCUT2D eigenvalue weighted by Crippen LogP contribution is -2.22. The van der Waals surface area contributed by atoms with E-state index in [-0.39, 0.29) is 11.1 Å². The van der Waals surface area contributed by atoms with Gasteiger partial charge in [0.05, 0.1) is 19.4 Å². The molecular weight excluding hydrogens is 468 g/mol. The molecule has 0 spiro atoms. The van der Waals surface area contributed by atoms with E-state index in [4.69, 9.17) is 14.5 Å². The molecule has 0 aliphatic rings. The third kappa shape index (κ3) is 5.23. The molecule has 0 aliphatic carbocycles. The standard InChI is InChI=1S/C29H28N4O4/c1-3-20-7-9-23-22(10-13-26(36-2)29(23)30-20)25-12-15-28(35)33(32-25)16-4-5-17-37-21-8-11-24-19(18-21)6-14-27(34)31-24/h6-15,18H,3-5,16-17H2,1-2H3,(H,31,34). The molecule has 2 aromatic carbocycles. The van der Waals surface area contributed by atoms with Crippen molar-refractivity contribution >= 4 is 21.8 Å². The smallest absolute Gasteiger partial charge is 0.266 e. The minimum atomic E-state index is -0.141. The summed E-state index contributed by atoms with van der Waals surface area (Å²) >= 11 is 0. The van der Waals surface area contributed by atoms with Crippen molar-refractivity contribution < 1.29 is 9.47 Å². The van der Waals surface area contributed by atoms with Crippen molar-refractivity contribution in [2.75, 3.05) is 13.7 Å². The summed E-state index contributed by atoms with van der Waals surface area (Å²) < 4.78 is 12.9. The highest BCUT2D eigenvalue weighted by atomic mass is 16.5. The Morgan fingerprint density at radius 1 is 0.946 bits per heavy atom. The van der Waals surface area contributed by atoms with Crippen molar-refractivity contribution in [2.24, 2.45) is 0 Å². The van der Waals surface area contributed by atoms with Gasteiger partial charge in [-0.05, 0) is 67.8 Å². The van der Waals surface area contributed by atoms with Gasteiger partial charge in [-0.3, -0.25) is 9.59 Å². The number of pyridine rings is 2. The molecule has 0 aliphatic heterocycles. The van der Waals surface area contributed by atoms with Crippen LogP contribution >= 0.6 is 0 Å². The lowest BCUT2D eigenvalue weighted by Gasteiger charge is -2.12. The van der Waals surface area contributed by atoms with Crippen LogP contribution in [0.1, 0.15) is 25.5 Å². The highest BCUT2D eigenvalue weighted by Gasteiger charge is 2.12. The molecule has 0 saturated heterocycles. The molecule has 5 rings (SSSR count). The van der Waals surface area contributed by atoms with Crippen LogP contribution in [0.5, 0.6) is 11.5 Å². The maximum atomic E-state index is 12.5. The van der Waals surface area contributed by atoms with E-state index in [1.165, 1.54) is 10.7 Å². The van der Waals surface area contributed by atoms with Crippen LogP contribution in [-0.4, -0.2) is 33.5 Å². The summed E-state index contributed by atoms with van der Waals surface area (Å²) in [7, 11) is 1.64. The fraction of sp³-hybridized carbons (Fsp3) is 0.241. The Bertz CT molecular complexity index is 1690. The number of H-pyrrole nitrogens is 1. The van der Waals surface area contributed by atoms with Crippen molar-refractivity contribution in [3.8, 4) is 22.8 Å². The monoisotopic (exact) mass is 496 g/mol. The SMILES string of the molecule is CCc1ccc2c(-c3ccc(=O)n(CCCCOc4ccc5[nH]c(=O)ccc5c4)n3)ccc(OC)c2n1. The second-order valence-electron chi connectivity index (χ2n) is 8.77. The number of hydrogen-bond donors (Lipinski definition) is 1. The zero-order valence-corrected chi connectivity index (χ0v) is 20.9. The maximum absolute atomic E-state index is 12.5. The van der Waals surface area contributed by atoms with E-state index in [1.54, 1.807) is 25.3 Å². The van der Waals surface area contributed by atoms with Gasteiger partial charge in [0.1, 0.15) is 17.0 Å². The van der Waals surface area contributed by atoms with Gasteiger partial charge in [0.2, 0.25) is 5.56 Å². The van der Waals surface area contributed by atoms with Crippen LogP contribution in [0, 0.1) is 0 Å². The number of hydrogen-bond acceptors (Lipinski definition) is 6. The first-order valence-electron chi connectivity index (χ1n) is 12.4. The molecule has 0 saturated carbocycles. The highest BCUT2D eigenvalue weighted by molar-refractivity contribution is 5.97. The highest BCUT2D eigenvalue weighted by Crippen LogP contribution is 2.32. The molecular formula is C29H28N4O4. The number of aromatic amines is 1. The van der Waals surface area contributed by atoms with Crippen LogP contribution < -0.4 is 20.6 Å². The second-order valence-corrected chi connectivity index (χ2v) is 8.77. The summed E-state index contributed by atoms with van der Waals surface area (Å²) in [5.74, 6) is 1.45. The molecule has 0 radical (unpaired) electrons. The number of aryl methyl sites for hydroxylation is 2. The Hall–Kier alpha value is -4.46. The van der Waals surface area contributed by atoms with E-state index >= 15 is 0 Å². The summed E-state index contributed by atoms with van der Waals surface area (Å²) in [5, 5.41) is 6.50. The summed E-state index contributed by atoms with van der Waals surface area (Å²) in [6.07, 6.45) is 2.33. The van der Waals surface area contributed by atoms with Crippen molar-refractivity contribution in [3.63, 3.8) is 0 Å². The first-order chi connectivity index (χ1) is 18.1. The van der Waals surface area contributed by atoms with Crippen LogP contribution in [0.25, 0.3) is 33.1 Å². The predicted molar refractivity (Wildman–Crippen MR) is 144 cm³/mol. The number of ether oxygens (including phenoxy) is 2. The molecule has 8 nitrogen and oxygen atoms in total. The summed E-state index contributed by atoms with van der Waals surface area (Å²) in [6, 6.07) is 20.1. The minimum absolute atomic E-state index is 0.128. The van der Waals surface area contributed by atoms with E-state index in [2.05, 4.69) is 17.0 Å². The summed E-state index contributed by atoms with van der Waals surface area (Å²) in [4.78, 5) is 31.5. The van der Waals surface area contributed by atoms with E-state index in [9.17, 15) is 9.59 Å². The largest absolute Gasteiger partial charge is 0.494 e. The van der Waals surface area contributed by atoms with Crippen LogP contribution in [0.2, 0.25) is 0 Å². The second kappa shape index (κ2) is 10.7. The Morgan fingerprint density at radius 2 is 1.84 bits per heavy atom. The molecule has 0 atom stereocenters. The number of methoxy groups -OCH3 is 1. The fourth-order valence-corrected chi connectivity index (χ4v) is 4.35. The van der Waals surface area contributed by atoms with Gasteiger partial charge in [0, 0.05) is 46.2 Å². The maximum Gasteiger partial charge on any atom is 0.266 e. The number of benzene rings is 2. The van der Waals surface area contributed by atoms with Gasteiger partial charge in [-0.2, -0.15) is 5.10 Å². The quantitative estimate of drug-likeness (QED) is 0.296. The molecule has 8 heteroatoms. The number of rotatable bonds is 9. The topological polar surface area (TPSA) is 99.1 Å². The van der Waals surface area contributed by atoms with Gasteiger partial charge < -0.3 is 14.5 Å². The Kier molecular flexibility index (Phi) is 6.98. The van der Waals surface area contributed by atoms with Crippen molar-refractivity contribution in [1.82, 2.24) is 19.7 Å². The number of nitrogens with one attached hydrogen (secondary N) is 1. The molecule has 5 aromatic rings. The van der Waals surface area contributed by atoms with Crippen LogP contribution in [0.3, 0.4) is 0 Å². The number of nitrogens with zero attached hydrogens (tertiary/aromatic N) is 3. The molecule has 3 heterocycles. The van der Waals surface area contributed by atoms with Crippen LogP contribution in [0.15, 0.2) is 76.3 Å². The van der Waals surface area contributed by atoms with E-state index in [0.717, 1.165) is 58.1 Å². The zero-order chi connectivity index (χ0) is 25.8. The average molecular weight is 497 g/mol. The first-order valence-corrected chi connectivity index (χ1v) is 12.4. The van der Waals surface area contributed by atoms with Crippen molar-refractivity contribution in [1.29, 1.82) is 0 Å². The third-order valence-electron chi connectivity index (χ3n) is 6.33. The van der Waals surface area contributed by atoms with Gasteiger partial charge in [0.25, 0.3) is 5.56 Å². The molecule has 1 N–H and O–H groups in total. The zero-order valence-electron chi connectivity index (χ0n) is 20.9. The minimum Gasteiger partial charge on any atom is -0.494 e. The van der Waals surface area contributed by atoms with E-state index < -0.39 is 0 Å². The molecule has 0 bridgehead atoms. The van der Waals surface area contributed by atoms with Gasteiger partial charge in [-0.25, -0.2) is 9.67 Å². The van der Waals surface area contributed by atoms with Crippen LogP contribution in [0.4, 0.5) is 0 Å². The molecule has 0 amide bonds. The average Bonchev–Trinajstić information content (AvgIpc) is 2.93. The Balaban J connectivity index is 1.27. The normalized spacial score (nSPS) is 11.2. The van der Waals surface area contributed by atoms with Gasteiger partial charge in [-0.15, -0.1) is 0 Å². The molecule has 37 heavy (non-hydrogen) atoms. The summed E-state index contributed by atoms with van der Waals surface area (Å²) in [6.45, 7) is 3.07. The van der Waals surface area contributed by atoms with Crippen molar-refractivity contribution in [3.05, 3.63) is 93.1 Å². The molecule has 0 fully saturated rings. The number of fused-ring (bicyclic) bond motifs is 2. The lowest BCUT2D eigenvalue weighted by atomic mass is 10.0. The molecule has 0 unspecified atom stereocenters. The Labute approximate surface area is 213 Å². The van der Waals surface area contributed by atoms with Crippen molar-refractivity contribution in [2.45, 2.75) is 32.7 Å². The lowest BCUT2D eigenvalue weighted by molar-refractivity contribution is 0.301. The first kappa shape index (κ1) is 24.2. The Morgan fingerprint density at radius 3 is 2.68 bits per heavy atom. The molecule has 188 valence electrons. The predicted octanol–water partition coefficient (Wildman–Crippen LogP) is 4.73. The number of aromatic nitrogens is 4. The van der Waals surface area contributed by atoms with Crippen LogP contribution in [-0.2, 0) is 13.0 Å². The van der Waals surface area contributed by atoms with Gasteiger partial charge >= 0.3 is 0 Å². The van der Waals surface area contributed by atoms with E-state index in [1.807, 2.05) is 42.5 Å². The molecule has 3 aromatic heterocycles. The van der Waals surface area contributed by atoms with Gasteiger partial charge in [-0.1, -0.05) is 13.0 Å². The summed E-state index contributed by atoms with van der Waals surface area (Å²) in [5.41, 5.74) is 3.90. The van der Waals surface area contributed by atoms with E-state index in [0.29, 0.717) is 24.6 Å². The third-order valence-corrected chi connectivity index (χ3v) is 6.33.